The van der Waals surface area contributed by atoms with Crippen molar-refractivity contribution < 1.29 is 4.79 Å². The lowest BCUT2D eigenvalue weighted by Crippen LogP contribution is -2.43. The molecule has 2 fully saturated rings. The minimum atomic E-state index is 0.209. The molecule has 4 heteroatoms. The van der Waals surface area contributed by atoms with Gasteiger partial charge >= 0.3 is 0 Å². The molecule has 1 aromatic carbocycles. The van der Waals surface area contributed by atoms with E-state index >= 15 is 0 Å². The van der Waals surface area contributed by atoms with Gasteiger partial charge in [-0.1, -0.05) is 30.3 Å². The van der Waals surface area contributed by atoms with Crippen LogP contribution in [-0.2, 0) is 11.3 Å². The standard InChI is InChI=1S/C19H29N3O/c1-15-11-17(12-20)14-22(15)19(23)18-7-9-21(10-8-18)13-16-5-3-2-4-6-16/h2-6,15,17-18H,7-14,20H2,1H3. The van der Waals surface area contributed by atoms with Crippen molar-refractivity contribution in [1.82, 2.24) is 9.80 Å². The molecule has 0 aromatic heterocycles. The first kappa shape index (κ1) is 16.5. The summed E-state index contributed by atoms with van der Waals surface area (Å²) in [4.78, 5) is 17.4. The van der Waals surface area contributed by atoms with Crippen molar-refractivity contribution in [2.45, 2.75) is 38.8 Å². The van der Waals surface area contributed by atoms with Crippen LogP contribution in [0.15, 0.2) is 30.3 Å². The molecule has 3 rings (SSSR count). The van der Waals surface area contributed by atoms with Crippen molar-refractivity contribution in [3.8, 4) is 0 Å². The van der Waals surface area contributed by atoms with Crippen molar-refractivity contribution >= 4 is 5.91 Å². The van der Waals surface area contributed by atoms with Crippen molar-refractivity contribution in [2.75, 3.05) is 26.2 Å². The molecule has 2 heterocycles. The average Bonchev–Trinajstić information content (AvgIpc) is 2.97. The van der Waals surface area contributed by atoms with E-state index in [-0.39, 0.29) is 5.92 Å². The first-order valence-electron chi connectivity index (χ1n) is 8.94. The minimum Gasteiger partial charge on any atom is -0.339 e. The van der Waals surface area contributed by atoms with E-state index in [1.807, 2.05) is 0 Å². The molecule has 2 aliphatic rings. The van der Waals surface area contributed by atoms with E-state index in [0.29, 0.717) is 24.4 Å². The number of piperidine rings is 1. The Kier molecular flexibility index (Phi) is 5.34. The Balaban J connectivity index is 1.50. The van der Waals surface area contributed by atoms with Crippen molar-refractivity contribution in [1.29, 1.82) is 0 Å². The largest absolute Gasteiger partial charge is 0.339 e. The number of rotatable bonds is 4. The molecule has 2 N–H and O–H groups in total. The zero-order valence-electron chi connectivity index (χ0n) is 14.2. The Hall–Kier alpha value is -1.39. The molecule has 0 radical (unpaired) electrons. The highest BCUT2D eigenvalue weighted by Crippen LogP contribution is 2.28. The zero-order valence-corrected chi connectivity index (χ0v) is 14.2. The van der Waals surface area contributed by atoms with Gasteiger partial charge in [0.25, 0.3) is 0 Å². The summed E-state index contributed by atoms with van der Waals surface area (Å²) in [6, 6.07) is 11.0. The number of nitrogens with two attached hydrogens (primary N) is 1. The molecule has 2 atom stereocenters. The van der Waals surface area contributed by atoms with Gasteiger partial charge in [0.1, 0.15) is 0 Å². The Bertz CT molecular complexity index is 511. The van der Waals surface area contributed by atoms with E-state index < -0.39 is 0 Å². The van der Waals surface area contributed by atoms with E-state index in [1.165, 1.54) is 5.56 Å². The van der Waals surface area contributed by atoms with Crippen LogP contribution in [-0.4, -0.2) is 47.9 Å². The molecule has 0 aliphatic carbocycles. The van der Waals surface area contributed by atoms with Crippen LogP contribution in [0.3, 0.4) is 0 Å². The maximum Gasteiger partial charge on any atom is 0.226 e. The van der Waals surface area contributed by atoms with E-state index in [0.717, 1.165) is 45.4 Å². The van der Waals surface area contributed by atoms with E-state index in [4.69, 9.17) is 5.73 Å². The molecular weight excluding hydrogens is 286 g/mol. The fourth-order valence-corrected chi connectivity index (χ4v) is 4.03. The van der Waals surface area contributed by atoms with Gasteiger partial charge in [-0.15, -0.1) is 0 Å². The van der Waals surface area contributed by atoms with Crippen LogP contribution in [0.25, 0.3) is 0 Å². The number of carbonyl (C=O) groups excluding carboxylic acids is 1. The average molecular weight is 315 g/mol. The van der Waals surface area contributed by atoms with E-state index in [9.17, 15) is 4.79 Å². The van der Waals surface area contributed by atoms with Crippen molar-refractivity contribution in [3.63, 3.8) is 0 Å². The summed E-state index contributed by atoms with van der Waals surface area (Å²) in [6.45, 7) is 6.77. The lowest BCUT2D eigenvalue weighted by Gasteiger charge is -2.34. The third kappa shape index (κ3) is 3.93. The normalized spacial score (nSPS) is 26.6. The first-order valence-corrected chi connectivity index (χ1v) is 8.94. The lowest BCUT2D eigenvalue weighted by atomic mass is 9.94. The number of hydrogen-bond donors (Lipinski definition) is 1. The Morgan fingerprint density at radius 1 is 1.22 bits per heavy atom. The molecular formula is C19H29N3O. The summed E-state index contributed by atoms with van der Waals surface area (Å²) in [5.74, 6) is 1.07. The smallest absolute Gasteiger partial charge is 0.226 e. The number of carbonyl (C=O) groups is 1. The van der Waals surface area contributed by atoms with Gasteiger partial charge in [0, 0.05) is 25.0 Å². The highest BCUT2D eigenvalue weighted by Gasteiger charge is 2.36. The van der Waals surface area contributed by atoms with Crippen LogP contribution < -0.4 is 5.73 Å². The molecule has 0 spiro atoms. The Morgan fingerprint density at radius 2 is 1.91 bits per heavy atom. The van der Waals surface area contributed by atoms with E-state index in [2.05, 4.69) is 47.1 Å². The van der Waals surface area contributed by atoms with Crippen LogP contribution in [0.5, 0.6) is 0 Å². The summed E-state index contributed by atoms with van der Waals surface area (Å²) in [7, 11) is 0. The fourth-order valence-electron chi connectivity index (χ4n) is 4.03. The van der Waals surface area contributed by atoms with Gasteiger partial charge in [0.05, 0.1) is 0 Å². The third-order valence-corrected chi connectivity index (χ3v) is 5.46. The topological polar surface area (TPSA) is 49.6 Å². The van der Waals surface area contributed by atoms with Crippen LogP contribution in [0.1, 0.15) is 31.7 Å². The number of amides is 1. The second kappa shape index (κ2) is 7.45. The first-order chi connectivity index (χ1) is 11.2. The second-order valence-electron chi connectivity index (χ2n) is 7.21. The summed E-state index contributed by atoms with van der Waals surface area (Å²) < 4.78 is 0. The van der Waals surface area contributed by atoms with E-state index in [1.54, 1.807) is 0 Å². The molecule has 4 nitrogen and oxygen atoms in total. The van der Waals surface area contributed by atoms with Gasteiger partial charge in [-0.3, -0.25) is 9.69 Å². The van der Waals surface area contributed by atoms with Gasteiger partial charge in [-0.2, -0.15) is 0 Å². The fraction of sp³-hybridized carbons (Fsp3) is 0.632. The third-order valence-electron chi connectivity index (χ3n) is 5.46. The maximum absolute atomic E-state index is 12.8. The summed E-state index contributed by atoms with van der Waals surface area (Å²) >= 11 is 0. The molecule has 0 bridgehead atoms. The van der Waals surface area contributed by atoms with Gasteiger partial charge in [0.15, 0.2) is 0 Å². The van der Waals surface area contributed by atoms with Crippen LogP contribution in [0.2, 0.25) is 0 Å². The van der Waals surface area contributed by atoms with Crippen LogP contribution in [0.4, 0.5) is 0 Å². The van der Waals surface area contributed by atoms with Gasteiger partial charge < -0.3 is 10.6 Å². The quantitative estimate of drug-likeness (QED) is 0.925. The molecule has 0 saturated carbocycles. The van der Waals surface area contributed by atoms with Crippen molar-refractivity contribution in [3.05, 3.63) is 35.9 Å². The number of likely N-dealkylation sites (tertiary alicyclic amines) is 2. The monoisotopic (exact) mass is 315 g/mol. The summed E-state index contributed by atoms with van der Waals surface area (Å²) in [5, 5.41) is 0. The van der Waals surface area contributed by atoms with Crippen LogP contribution >= 0.6 is 0 Å². The summed E-state index contributed by atoms with van der Waals surface area (Å²) in [5.41, 5.74) is 7.14. The molecule has 2 aliphatic heterocycles. The minimum absolute atomic E-state index is 0.209. The lowest BCUT2D eigenvalue weighted by molar-refractivity contribution is -0.137. The highest BCUT2D eigenvalue weighted by molar-refractivity contribution is 5.79. The SMILES string of the molecule is CC1CC(CN)CN1C(=O)C1CCN(Cc2ccccc2)CC1. The number of nitrogens with zero attached hydrogens (tertiary/aromatic N) is 2. The molecule has 126 valence electrons. The van der Waals surface area contributed by atoms with Gasteiger partial charge in [0.2, 0.25) is 5.91 Å². The number of benzene rings is 1. The Morgan fingerprint density at radius 3 is 2.52 bits per heavy atom. The maximum atomic E-state index is 12.8. The van der Waals surface area contributed by atoms with Gasteiger partial charge in [-0.05, 0) is 57.3 Å². The number of hydrogen-bond acceptors (Lipinski definition) is 3. The molecule has 23 heavy (non-hydrogen) atoms. The second-order valence-corrected chi connectivity index (χ2v) is 7.21. The predicted molar refractivity (Wildman–Crippen MR) is 92.8 cm³/mol. The Labute approximate surface area is 139 Å². The highest BCUT2D eigenvalue weighted by atomic mass is 16.2. The summed E-state index contributed by atoms with van der Waals surface area (Å²) in [6.07, 6.45) is 3.04. The van der Waals surface area contributed by atoms with Crippen molar-refractivity contribution in [2.24, 2.45) is 17.6 Å². The predicted octanol–water partition coefficient (Wildman–Crippen LogP) is 2.09. The van der Waals surface area contributed by atoms with Gasteiger partial charge in [-0.25, -0.2) is 0 Å². The molecule has 2 saturated heterocycles. The molecule has 2 unspecified atom stereocenters. The zero-order chi connectivity index (χ0) is 16.2. The molecule has 1 amide bonds. The van der Waals surface area contributed by atoms with Crippen LogP contribution in [0, 0.1) is 11.8 Å². The molecule has 1 aromatic rings.